The van der Waals surface area contributed by atoms with Gasteiger partial charge in [-0.1, -0.05) is 13.3 Å². The lowest BCUT2D eigenvalue weighted by atomic mass is 10.1. The minimum Gasteiger partial charge on any atom is -0.340 e. The van der Waals surface area contributed by atoms with Gasteiger partial charge in [0.25, 0.3) is 0 Å². The first-order valence-corrected chi connectivity index (χ1v) is 9.60. The highest BCUT2D eigenvalue weighted by atomic mass is 32.2. The molecular weight excluding hydrogens is 290 g/mol. The summed E-state index contributed by atoms with van der Waals surface area (Å²) in [5, 5.41) is 0. The van der Waals surface area contributed by atoms with Crippen molar-refractivity contribution in [1.29, 1.82) is 0 Å². The van der Waals surface area contributed by atoms with E-state index in [1.54, 1.807) is 4.90 Å². The number of piperidine rings is 1. The van der Waals surface area contributed by atoms with Crippen molar-refractivity contribution in [3.8, 4) is 0 Å². The number of unbranched alkanes of at least 4 members (excludes halogenated alkanes) is 1. The SMILES string of the molecule is CCCCS(=O)(=O)N1CCCC1C(=O)N1CCCC(N)C1. The Balaban J connectivity index is 2.05. The van der Waals surface area contributed by atoms with Crippen molar-refractivity contribution in [1.82, 2.24) is 9.21 Å². The Morgan fingerprint density at radius 1 is 1.24 bits per heavy atom. The van der Waals surface area contributed by atoms with E-state index in [2.05, 4.69) is 0 Å². The van der Waals surface area contributed by atoms with E-state index in [0.717, 1.165) is 25.7 Å². The topological polar surface area (TPSA) is 83.7 Å². The van der Waals surface area contributed by atoms with Gasteiger partial charge in [0, 0.05) is 25.7 Å². The third-order valence-corrected chi connectivity index (χ3v) is 6.33. The molecule has 122 valence electrons. The maximum absolute atomic E-state index is 12.6. The van der Waals surface area contributed by atoms with E-state index in [1.807, 2.05) is 6.92 Å². The summed E-state index contributed by atoms with van der Waals surface area (Å²) in [6, 6.07) is -0.480. The van der Waals surface area contributed by atoms with Gasteiger partial charge in [-0.3, -0.25) is 4.79 Å². The normalized spacial score (nSPS) is 28.0. The number of sulfonamides is 1. The molecule has 0 aromatic heterocycles. The molecule has 0 bridgehead atoms. The zero-order chi connectivity index (χ0) is 15.5. The van der Waals surface area contributed by atoms with Crippen LogP contribution in [0.5, 0.6) is 0 Å². The van der Waals surface area contributed by atoms with Gasteiger partial charge in [-0.2, -0.15) is 4.31 Å². The monoisotopic (exact) mass is 317 g/mol. The van der Waals surface area contributed by atoms with E-state index in [4.69, 9.17) is 5.73 Å². The highest BCUT2D eigenvalue weighted by molar-refractivity contribution is 7.89. The number of hydrogen-bond acceptors (Lipinski definition) is 4. The largest absolute Gasteiger partial charge is 0.340 e. The van der Waals surface area contributed by atoms with Gasteiger partial charge >= 0.3 is 0 Å². The lowest BCUT2D eigenvalue weighted by Crippen LogP contribution is -2.53. The minimum atomic E-state index is -3.31. The average molecular weight is 317 g/mol. The number of amides is 1. The fraction of sp³-hybridized carbons (Fsp3) is 0.929. The Bertz CT molecular complexity index is 466. The molecule has 2 saturated heterocycles. The maximum atomic E-state index is 12.6. The third kappa shape index (κ3) is 3.96. The van der Waals surface area contributed by atoms with E-state index in [1.165, 1.54) is 4.31 Å². The van der Waals surface area contributed by atoms with Crippen LogP contribution >= 0.6 is 0 Å². The van der Waals surface area contributed by atoms with Crippen LogP contribution in [0.2, 0.25) is 0 Å². The third-order valence-electron chi connectivity index (χ3n) is 4.37. The number of rotatable bonds is 5. The molecule has 2 aliphatic rings. The lowest BCUT2D eigenvalue weighted by molar-refractivity contribution is -0.135. The van der Waals surface area contributed by atoms with Crippen molar-refractivity contribution in [2.75, 3.05) is 25.4 Å². The fourth-order valence-electron chi connectivity index (χ4n) is 3.18. The molecule has 0 spiro atoms. The molecule has 2 rings (SSSR count). The number of nitrogens with zero attached hydrogens (tertiary/aromatic N) is 2. The second-order valence-corrected chi connectivity index (χ2v) is 8.17. The van der Waals surface area contributed by atoms with Crippen LogP contribution in [0.3, 0.4) is 0 Å². The van der Waals surface area contributed by atoms with Crippen molar-refractivity contribution >= 4 is 15.9 Å². The summed E-state index contributed by atoms with van der Waals surface area (Å²) in [6.07, 6.45) is 4.73. The standard InChI is InChI=1S/C14H27N3O3S/c1-2-3-10-21(19,20)17-9-5-7-13(17)14(18)16-8-4-6-12(15)11-16/h12-13H,2-11,15H2,1H3. The molecule has 2 heterocycles. The summed E-state index contributed by atoms with van der Waals surface area (Å²) in [7, 11) is -3.31. The summed E-state index contributed by atoms with van der Waals surface area (Å²) in [4.78, 5) is 14.4. The van der Waals surface area contributed by atoms with Crippen LogP contribution in [0.4, 0.5) is 0 Å². The first kappa shape index (κ1) is 16.7. The smallest absolute Gasteiger partial charge is 0.241 e. The number of carbonyl (C=O) groups is 1. The van der Waals surface area contributed by atoms with Crippen molar-refractivity contribution in [3.63, 3.8) is 0 Å². The Morgan fingerprint density at radius 2 is 1.95 bits per heavy atom. The molecule has 2 unspecified atom stereocenters. The fourth-order valence-corrected chi connectivity index (χ4v) is 5.06. The Morgan fingerprint density at radius 3 is 2.62 bits per heavy atom. The maximum Gasteiger partial charge on any atom is 0.241 e. The highest BCUT2D eigenvalue weighted by Crippen LogP contribution is 2.25. The number of hydrogen-bond donors (Lipinski definition) is 1. The molecule has 0 aromatic rings. The molecule has 0 aromatic carbocycles. The molecule has 2 N–H and O–H groups in total. The molecule has 0 saturated carbocycles. The van der Waals surface area contributed by atoms with Crippen molar-refractivity contribution in [2.45, 2.75) is 57.5 Å². The molecule has 1 amide bonds. The molecule has 2 atom stereocenters. The van der Waals surface area contributed by atoms with Gasteiger partial charge in [-0.05, 0) is 32.1 Å². The summed E-state index contributed by atoms with van der Waals surface area (Å²) in [6.45, 7) is 3.70. The lowest BCUT2D eigenvalue weighted by Gasteiger charge is -2.34. The van der Waals surface area contributed by atoms with Crippen LogP contribution in [0, 0.1) is 0 Å². The average Bonchev–Trinajstić information content (AvgIpc) is 2.94. The molecule has 2 aliphatic heterocycles. The Hall–Kier alpha value is -0.660. The van der Waals surface area contributed by atoms with Crippen molar-refractivity contribution in [2.24, 2.45) is 5.73 Å². The predicted octanol–water partition coefficient (Wildman–Crippen LogP) is 0.530. The zero-order valence-electron chi connectivity index (χ0n) is 12.8. The predicted molar refractivity (Wildman–Crippen MR) is 82.2 cm³/mol. The van der Waals surface area contributed by atoms with Gasteiger partial charge in [0.1, 0.15) is 6.04 Å². The van der Waals surface area contributed by atoms with Crippen LogP contribution in [-0.2, 0) is 14.8 Å². The number of carbonyl (C=O) groups excluding carboxylic acids is 1. The van der Waals surface area contributed by atoms with Gasteiger partial charge in [-0.15, -0.1) is 0 Å². The van der Waals surface area contributed by atoms with Gasteiger partial charge in [0.05, 0.1) is 5.75 Å². The van der Waals surface area contributed by atoms with Gasteiger partial charge in [-0.25, -0.2) is 8.42 Å². The minimum absolute atomic E-state index is 0.0225. The summed E-state index contributed by atoms with van der Waals surface area (Å²) in [5.41, 5.74) is 5.92. The molecule has 0 radical (unpaired) electrons. The first-order valence-electron chi connectivity index (χ1n) is 7.99. The quantitative estimate of drug-likeness (QED) is 0.802. The van der Waals surface area contributed by atoms with Gasteiger partial charge < -0.3 is 10.6 Å². The Kier molecular flexibility index (Phi) is 5.62. The molecule has 2 fully saturated rings. The summed E-state index contributed by atoms with van der Waals surface area (Å²) in [5.74, 6) is 0.0926. The van der Waals surface area contributed by atoms with E-state index in [9.17, 15) is 13.2 Å². The van der Waals surface area contributed by atoms with Crippen molar-refractivity contribution in [3.05, 3.63) is 0 Å². The van der Waals surface area contributed by atoms with Crippen LogP contribution in [-0.4, -0.2) is 61.0 Å². The van der Waals surface area contributed by atoms with Crippen LogP contribution in [0.1, 0.15) is 45.4 Å². The van der Waals surface area contributed by atoms with E-state index >= 15 is 0 Å². The van der Waals surface area contributed by atoms with Crippen LogP contribution in [0.25, 0.3) is 0 Å². The van der Waals surface area contributed by atoms with Crippen LogP contribution < -0.4 is 5.73 Å². The van der Waals surface area contributed by atoms with E-state index in [-0.39, 0.29) is 17.7 Å². The highest BCUT2D eigenvalue weighted by Gasteiger charge is 2.40. The van der Waals surface area contributed by atoms with E-state index in [0.29, 0.717) is 32.5 Å². The first-order chi connectivity index (χ1) is 9.95. The van der Waals surface area contributed by atoms with Gasteiger partial charge in [0.15, 0.2) is 0 Å². The Labute approximate surface area is 127 Å². The second kappa shape index (κ2) is 7.07. The summed E-state index contributed by atoms with van der Waals surface area (Å²) >= 11 is 0. The van der Waals surface area contributed by atoms with Crippen molar-refractivity contribution < 1.29 is 13.2 Å². The zero-order valence-corrected chi connectivity index (χ0v) is 13.6. The second-order valence-electron chi connectivity index (χ2n) is 6.12. The molecule has 21 heavy (non-hydrogen) atoms. The molecule has 6 nitrogen and oxygen atoms in total. The van der Waals surface area contributed by atoms with Gasteiger partial charge in [0.2, 0.25) is 15.9 Å². The number of likely N-dealkylation sites (tertiary alicyclic amines) is 1. The number of nitrogens with two attached hydrogens (primary N) is 1. The van der Waals surface area contributed by atoms with Crippen LogP contribution in [0.15, 0.2) is 0 Å². The summed E-state index contributed by atoms with van der Waals surface area (Å²) < 4.78 is 26.2. The van der Waals surface area contributed by atoms with E-state index < -0.39 is 16.1 Å². The molecule has 0 aliphatic carbocycles. The molecule has 7 heteroatoms. The molecular formula is C14H27N3O3S.